The molecule has 0 aromatic heterocycles. The zero-order valence-corrected chi connectivity index (χ0v) is 18.3. The first kappa shape index (κ1) is 23.9. The van der Waals surface area contributed by atoms with Crippen molar-refractivity contribution in [2.24, 2.45) is 0 Å². The second-order valence-corrected chi connectivity index (χ2v) is 14.0. The molecule has 0 aliphatic carbocycles. The van der Waals surface area contributed by atoms with E-state index in [0.29, 0.717) is 6.42 Å². The van der Waals surface area contributed by atoms with Crippen molar-refractivity contribution >= 4 is 12.8 Å². The van der Waals surface area contributed by atoms with E-state index >= 15 is 0 Å². The second kappa shape index (κ2) is 13.2. The van der Waals surface area contributed by atoms with Crippen LogP contribution >= 0.6 is 6.83 Å². The molecule has 0 N–H and O–H groups in total. The minimum atomic E-state index is -2.34. The third-order valence-electron chi connectivity index (χ3n) is 5.30. The second-order valence-electron chi connectivity index (χ2n) is 8.05. The molecule has 0 bridgehead atoms. The van der Waals surface area contributed by atoms with Gasteiger partial charge in [-0.3, -0.25) is 0 Å². The van der Waals surface area contributed by atoms with Gasteiger partial charge in [-0.25, -0.2) is 0 Å². The average molecular weight is 361 g/mol. The van der Waals surface area contributed by atoms with Gasteiger partial charge in [0.15, 0.2) is 0 Å². The number of unbranched alkanes of at least 4 members (excludes halogenated alkanes) is 7. The molecule has 3 heteroatoms. The van der Waals surface area contributed by atoms with Crippen molar-refractivity contribution in [3.63, 3.8) is 0 Å². The Balaban J connectivity index is 4.83. The van der Waals surface area contributed by atoms with Crippen molar-refractivity contribution in [3.05, 3.63) is 0 Å². The van der Waals surface area contributed by atoms with Gasteiger partial charge in [-0.05, 0) is 0 Å². The minimum absolute atomic E-state index is 0.0926. The Kier molecular flexibility index (Phi) is 13.1. The van der Waals surface area contributed by atoms with E-state index in [-0.39, 0.29) is 5.97 Å². The quantitative estimate of drug-likeness (QED) is 0.212. The topological polar surface area (TPSA) is 26.3 Å². The summed E-state index contributed by atoms with van der Waals surface area (Å²) in [4.78, 5) is 12.6. The molecule has 0 fully saturated rings. The van der Waals surface area contributed by atoms with Crippen LogP contribution in [0.4, 0.5) is 0 Å². The number of hydrogen-bond acceptors (Lipinski definition) is 2. The Labute approximate surface area is 152 Å². The van der Waals surface area contributed by atoms with Gasteiger partial charge in [-0.2, -0.15) is 0 Å². The van der Waals surface area contributed by atoms with Crippen molar-refractivity contribution < 1.29 is 9.32 Å². The number of carbonyl (C=O) groups is 1. The Morgan fingerprint density at radius 2 is 1.08 bits per heavy atom. The summed E-state index contributed by atoms with van der Waals surface area (Å²) in [6.07, 6.45) is 17.2. The molecule has 0 atom stereocenters. The maximum absolute atomic E-state index is 12.6. The molecule has 0 radical (unpaired) electrons. The van der Waals surface area contributed by atoms with E-state index in [2.05, 4.69) is 34.4 Å². The third kappa shape index (κ3) is 10.0. The molecular weight excluding hydrogens is 315 g/mol. The van der Waals surface area contributed by atoms with Crippen LogP contribution in [0.25, 0.3) is 0 Å². The maximum atomic E-state index is 12.6. The van der Waals surface area contributed by atoms with Gasteiger partial charge < -0.3 is 0 Å². The fraction of sp³-hybridized carbons (Fsp3) is 0.952. The Morgan fingerprint density at radius 3 is 1.50 bits per heavy atom. The van der Waals surface area contributed by atoms with E-state index in [4.69, 9.17) is 4.52 Å². The van der Waals surface area contributed by atoms with Crippen LogP contribution in [0.2, 0.25) is 0 Å². The van der Waals surface area contributed by atoms with E-state index in [9.17, 15) is 4.79 Å². The molecule has 0 aromatic carbocycles. The molecule has 0 saturated heterocycles. The molecular formula is C21H45O2P. The molecule has 0 rings (SSSR count). The van der Waals surface area contributed by atoms with E-state index in [1.165, 1.54) is 64.2 Å². The molecule has 2 nitrogen and oxygen atoms in total. The van der Waals surface area contributed by atoms with Crippen molar-refractivity contribution in [1.82, 2.24) is 0 Å². The molecule has 0 aliphatic rings. The van der Waals surface area contributed by atoms with Crippen LogP contribution in [0.1, 0.15) is 105 Å². The summed E-state index contributed by atoms with van der Waals surface area (Å²) < 4.78 is 6.43. The number of rotatable bonds is 16. The summed E-state index contributed by atoms with van der Waals surface area (Å²) in [6, 6.07) is 0. The van der Waals surface area contributed by atoms with Crippen LogP contribution < -0.4 is 0 Å². The fourth-order valence-electron chi connectivity index (χ4n) is 3.52. The van der Waals surface area contributed by atoms with Crippen LogP contribution in [-0.4, -0.2) is 31.1 Å². The molecule has 0 amide bonds. The SMILES string of the molecule is CCCCCCCC(=O)OP(C)(CCCC)(CCCC)CCCC. The van der Waals surface area contributed by atoms with Crippen molar-refractivity contribution in [2.75, 3.05) is 25.2 Å². The summed E-state index contributed by atoms with van der Waals surface area (Å²) >= 11 is 0. The van der Waals surface area contributed by atoms with Gasteiger partial charge in [0.25, 0.3) is 0 Å². The molecule has 0 unspecified atom stereocenters. The molecule has 0 aliphatic heterocycles. The summed E-state index contributed by atoms with van der Waals surface area (Å²) in [6.45, 7) is 9.01. The summed E-state index contributed by atoms with van der Waals surface area (Å²) in [5, 5.41) is 0. The third-order valence-corrected chi connectivity index (χ3v) is 10.8. The van der Waals surface area contributed by atoms with E-state index in [0.717, 1.165) is 24.9 Å². The van der Waals surface area contributed by atoms with Gasteiger partial charge in [-0.15, -0.1) is 0 Å². The van der Waals surface area contributed by atoms with Gasteiger partial charge >= 0.3 is 152 Å². The van der Waals surface area contributed by atoms with Gasteiger partial charge in [0.2, 0.25) is 0 Å². The normalized spacial score (nSPS) is 13.5. The summed E-state index contributed by atoms with van der Waals surface area (Å²) in [5.74, 6) is 0.0926. The monoisotopic (exact) mass is 360 g/mol. The molecule has 0 heterocycles. The van der Waals surface area contributed by atoms with E-state index < -0.39 is 6.83 Å². The van der Waals surface area contributed by atoms with E-state index in [1.807, 2.05) is 0 Å². The van der Waals surface area contributed by atoms with Gasteiger partial charge in [0.1, 0.15) is 0 Å². The molecule has 0 aromatic rings. The fourth-order valence-corrected chi connectivity index (χ4v) is 8.82. The van der Waals surface area contributed by atoms with Crippen molar-refractivity contribution in [3.8, 4) is 0 Å². The van der Waals surface area contributed by atoms with Gasteiger partial charge in [-0.1, -0.05) is 0 Å². The van der Waals surface area contributed by atoms with Crippen LogP contribution in [0.5, 0.6) is 0 Å². The average Bonchev–Trinajstić information content (AvgIpc) is 2.57. The Morgan fingerprint density at radius 1 is 0.667 bits per heavy atom. The van der Waals surface area contributed by atoms with Crippen molar-refractivity contribution in [1.29, 1.82) is 0 Å². The zero-order valence-electron chi connectivity index (χ0n) is 17.4. The van der Waals surface area contributed by atoms with Gasteiger partial charge in [0, 0.05) is 0 Å². The van der Waals surface area contributed by atoms with Crippen LogP contribution in [-0.2, 0) is 9.32 Å². The first-order valence-electron chi connectivity index (χ1n) is 10.7. The predicted octanol–water partition coefficient (Wildman–Crippen LogP) is 7.39. The van der Waals surface area contributed by atoms with Gasteiger partial charge in [0.05, 0.1) is 0 Å². The molecule has 146 valence electrons. The Bertz CT molecular complexity index is 303. The summed E-state index contributed by atoms with van der Waals surface area (Å²) in [5.41, 5.74) is 0. The predicted molar refractivity (Wildman–Crippen MR) is 112 cm³/mol. The van der Waals surface area contributed by atoms with Crippen molar-refractivity contribution in [2.45, 2.75) is 105 Å². The zero-order chi connectivity index (χ0) is 18.3. The summed E-state index contributed by atoms with van der Waals surface area (Å²) in [7, 11) is 0. The van der Waals surface area contributed by atoms with Crippen LogP contribution in [0, 0.1) is 0 Å². The van der Waals surface area contributed by atoms with Crippen LogP contribution in [0.15, 0.2) is 0 Å². The first-order valence-corrected chi connectivity index (χ1v) is 13.8. The van der Waals surface area contributed by atoms with Crippen LogP contribution in [0.3, 0.4) is 0 Å². The number of hydrogen-bond donors (Lipinski definition) is 0. The Hall–Kier alpha value is -0.100. The molecule has 0 spiro atoms. The standard InChI is InChI=1S/C21H45O2P/c1-6-10-14-15-16-17-21(22)23-24(5,18-11-7-2,19-12-8-3)20-13-9-4/h6-20H2,1-5H3. The first-order chi connectivity index (χ1) is 11.4. The molecule has 0 saturated carbocycles. The number of carbonyl (C=O) groups excluding carboxylic acids is 1. The van der Waals surface area contributed by atoms with E-state index in [1.54, 1.807) is 0 Å². The molecule has 24 heavy (non-hydrogen) atoms.